The second kappa shape index (κ2) is 15.8. The van der Waals surface area contributed by atoms with E-state index in [-0.39, 0.29) is 0 Å². The van der Waals surface area contributed by atoms with Crippen LogP contribution in [-0.4, -0.2) is 0 Å². The van der Waals surface area contributed by atoms with E-state index in [0.29, 0.717) is 0 Å². The molecule has 0 bridgehead atoms. The van der Waals surface area contributed by atoms with E-state index < -0.39 is 0 Å². The molecule has 61 heavy (non-hydrogen) atoms. The van der Waals surface area contributed by atoms with Gasteiger partial charge in [-0.15, -0.1) is 11.3 Å². The maximum Gasteiger partial charge on any atom is 0.0540 e. The molecule has 1 aromatic heterocycles. The van der Waals surface area contributed by atoms with Gasteiger partial charge in [-0.25, -0.2) is 0 Å². The molecule has 2 nitrogen and oxygen atoms in total. The van der Waals surface area contributed by atoms with Crippen molar-refractivity contribution in [3.05, 3.63) is 243 Å². The van der Waals surface area contributed by atoms with Gasteiger partial charge in [0.05, 0.1) is 5.69 Å². The van der Waals surface area contributed by atoms with Crippen LogP contribution in [0.3, 0.4) is 0 Å². The van der Waals surface area contributed by atoms with Crippen molar-refractivity contribution >= 4 is 76.4 Å². The van der Waals surface area contributed by atoms with Crippen molar-refractivity contribution in [2.45, 2.75) is 0 Å². The van der Waals surface area contributed by atoms with Gasteiger partial charge in [0.25, 0.3) is 0 Å². The average molecular weight is 797 g/mol. The normalized spacial score (nSPS) is 11.3. The van der Waals surface area contributed by atoms with E-state index in [0.717, 1.165) is 39.7 Å². The van der Waals surface area contributed by atoms with E-state index in [1.807, 2.05) is 11.3 Å². The highest BCUT2D eigenvalue weighted by Crippen LogP contribution is 2.44. The molecule has 0 fully saturated rings. The fourth-order valence-electron chi connectivity index (χ4n) is 8.71. The Labute approximate surface area is 360 Å². The van der Waals surface area contributed by atoms with Crippen LogP contribution in [-0.2, 0) is 0 Å². The van der Waals surface area contributed by atoms with Crippen LogP contribution in [0.4, 0.5) is 34.1 Å². The van der Waals surface area contributed by atoms with Gasteiger partial charge in [-0.2, -0.15) is 0 Å². The van der Waals surface area contributed by atoms with Gasteiger partial charge in [0.1, 0.15) is 0 Å². The summed E-state index contributed by atoms with van der Waals surface area (Å²) in [5.41, 5.74) is 13.9. The lowest BCUT2D eigenvalue weighted by Gasteiger charge is -2.27. The molecular formula is C58H40N2S. The maximum absolute atomic E-state index is 2.37. The summed E-state index contributed by atoms with van der Waals surface area (Å²) in [5.74, 6) is 0. The van der Waals surface area contributed by atoms with Gasteiger partial charge in [0, 0.05) is 54.0 Å². The molecule has 0 saturated carbocycles. The molecular weight excluding hydrogens is 757 g/mol. The first kappa shape index (κ1) is 36.4. The summed E-state index contributed by atoms with van der Waals surface area (Å²) in [6, 6.07) is 87.7. The van der Waals surface area contributed by atoms with Crippen molar-refractivity contribution in [1.29, 1.82) is 0 Å². The standard InChI is InChI=1S/C58H40N2S/c1-4-18-47(19-5-1)59(48-20-6-2-7-21-48)50-34-30-41(31-35-50)44-38-45(40-46(39-44)53-26-15-27-55-54-25-12-13-29-57(54)61-58(53)55)42-32-36-51(37-33-42)60(49-22-8-3-9-23-49)56-28-14-17-43-16-10-11-24-52(43)56/h1-40H. The minimum Gasteiger partial charge on any atom is -0.311 e. The summed E-state index contributed by atoms with van der Waals surface area (Å²) < 4.78 is 2.62. The van der Waals surface area contributed by atoms with Crippen molar-refractivity contribution in [2.75, 3.05) is 9.80 Å². The van der Waals surface area contributed by atoms with Crippen molar-refractivity contribution in [1.82, 2.24) is 0 Å². The molecule has 0 amide bonds. The van der Waals surface area contributed by atoms with Crippen LogP contribution in [0.1, 0.15) is 0 Å². The highest BCUT2D eigenvalue weighted by molar-refractivity contribution is 7.26. The fourth-order valence-corrected chi connectivity index (χ4v) is 9.94. The first-order chi connectivity index (χ1) is 30.2. The zero-order chi connectivity index (χ0) is 40.5. The van der Waals surface area contributed by atoms with Crippen molar-refractivity contribution in [2.24, 2.45) is 0 Å². The van der Waals surface area contributed by atoms with Crippen molar-refractivity contribution in [3.63, 3.8) is 0 Å². The van der Waals surface area contributed by atoms with Crippen LogP contribution >= 0.6 is 11.3 Å². The number of para-hydroxylation sites is 3. The SMILES string of the molecule is c1ccc(N(c2ccccc2)c2ccc(-c3cc(-c4ccc(N(c5ccccc5)c5cccc6ccccc56)cc4)cc(-c4cccc5c4sc4ccccc45)c3)cc2)cc1. The Bertz CT molecular complexity index is 3240. The zero-order valence-corrected chi connectivity index (χ0v) is 34.2. The summed E-state index contributed by atoms with van der Waals surface area (Å²) in [6.45, 7) is 0. The number of anilines is 6. The van der Waals surface area contributed by atoms with Crippen LogP contribution < -0.4 is 9.80 Å². The van der Waals surface area contributed by atoms with Gasteiger partial charge in [0.2, 0.25) is 0 Å². The zero-order valence-electron chi connectivity index (χ0n) is 33.4. The smallest absolute Gasteiger partial charge is 0.0540 e. The summed E-state index contributed by atoms with van der Waals surface area (Å²) in [4.78, 5) is 4.68. The third-order valence-electron chi connectivity index (χ3n) is 11.6. The molecule has 0 aliphatic heterocycles. The summed E-state index contributed by atoms with van der Waals surface area (Å²) in [5, 5.41) is 5.04. The molecule has 0 aliphatic rings. The van der Waals surface area contributed by atoms with Crippen LogP contribution in [0.5, 0.6) is 0 Å². The van der Waals surface area contributed by atoms with Crippen LogP contribution in [0, 0.1) is 0 Å². The molecule has 10 aromatic carbocycles. The Morgan fingerprint density at radius 3 is 1.34 bits per heavy atom. The minimum atomic E-state index is 1.11. The first-order valence-electron chi connectivity index (χ1n) is 20.7. The third-order valence-corrected chi connectivity index (χ3v) is 12.8. The number of fused-ring (bicyclic) bond motifs is 4. The monoisotopic (exact) mass is 796 g/mol. The lowest BCUT2D eigenvalue weighted by Crippen LogP contribution is -2.10. The van der Waals surface area contributed by atoms with E-state index in [4.69, 9.17) is 0 Å². The Morgan fingerprint density at radius 2 is 0.721 bits per heavy atom. The predicted molar refractivity (Wildman–Crippen MR) is 263 cm³/mol. The van der Waals surface area contributed by atoms with Gasteiger partial charge in [-0.3, -0.25) is 0 Å². The van der Waals surface area contributed by atoms with Gasteiger partial charge >= 0.3 is 0 Å². The maximum atomic E-state index is 2.37. The molecule has 3 heteroatoms. The average Bonchev–Trinajstić information content (AvgIpc) is 3.72. The summed E-state index contributed by atoms with van der Waals surface area (Å²) in [7, 11) is 0. The van der Waals surface area contributed by atoms with E-state index in [1.165, 1.54) is 58.8 Å². The van der Waals surface area contributed by atoms with Gasteiger partial charge in [-0.05, 0) is 130 Å². The van der Waals surface area contributed by atoms with Crippen LogP contribution in [0.2, 0.25) is 0 Å². The molecule has 0 spiro atoms. The Hall–Kier alpha value is -7.72. The molecule has 0 aliphatic carbocycles. The molecule has 1 heterocycles. The fraction of sp³-hybridized carbons (Fsp3) is 0. The number of hydrogen-bond acceptors (Lipinski definition) is 3. The second-order valence-corrected chi connectivity index (χ2v) is 16.4. The van der Waals surface area contributed by atoms with E-state index in [2.05, 4.69) is 252 Å². The first-order valence-corrected chi connectivity index (χ1v) is 21.6. The Morgan fingerprint density at radius 1 is 0.279 bits per heavy atom. The number of hydrogen-bond donors (Lipinski definition) is 0. The number of rotatable bonds is 9. The summed E-state index contributed by atoms with van der Waals surface area (Å²) in [6.07, 6.45) is 0. The molecule has 0 saturated heterocycles. The van der Waals surface area contributed by atoms with Gasteiger partial charge in [-0.1, -0.05) is 152 Å². The molecule has 288 valence electrons. The topological polar surface area (TPSA) is 6.48 Å². The van der Waals surface area contributed by atoms with Crippen molar-refractivity contribution in [3.8, 4) is 33.4 Å². The molecule has 0 N–H and O–H groups in total. The minimum absolute atomic E-state index is 1.11. The van der Waals surface area contributed by atoms with Crippen LogP contribution in [0.15, 0.2) is 243 Å². The lowest BCUT2D eigenvalue weighted by atomic mass is 9.92. The molecule has 0 unspecified atom stereocenters. The van der Waals surface area contributed by atoms with Gasteiger partial charge in [0.15, 0.2) is 0 Å². The molecule has 11 rings (SSSR count). The Kier molecular flexibility index (Phi) is 9.42. The summed E-state index contributed by atoms with van der Waals surface area (Å²) >= 11 is 1.88. The highest BCUT2D eigenvalue weighted by atomic mass is 32.1. The predicted octanol–water partition coefficient (Wildman–Crippen LogP) is 17.1. The van der Waals surface area contributed by atoms with Crippen molar-refractivity contribution < 1.29 is 0 Å². The highest BCUT2D eigenvalue weighted by Gasteiger charge is 2.18. The third kappa shape index (κ3) is 6.91. The van der Waals surface area contributed by atoms with Crippen LogP contribution in [0.25, 0.3) is 64.3 Å². The number of benzene rings is 10. The molecule has 0 radical (unpaired) electrons. The van der Waals surface area contributed by atoms with Gasteiger partial charge < -0.3 is 9.80 Å². The lowest BCUT2D eigenvalue weighted by molar-refractivity contribution is 1.28. The quantitative estimate of drug-likeness (QED) is 0.144. The van der Waals surface area contributed by atoms with E-state index in [1.54, 1.807) is 0 Å². The molecule has 11 aromatic rings. The Balaban J connectivity index is 1.04. The number of nitrogens with zero attached hydrogens (tertiary/aromatic N) is 2. The van der Waals surface area contributed by atoms with E-state index >= 15 is 0 Å². The van der Waals surface area contributed by atoms with E-state index in [9.17, 15) is 0 Å². The molecule has 0 atom stereocenters. The largest absolute Gasteiger partial charge is 0.311 e. The number of thiophene rings is 1. The second-order valence-electron chi connectivity index (χ2n) is 15.3.